The van der Waals surface area contributed by atoms with Gasteiger partial charge in [0.2, 0.25) is 0 Å². The second-order valence-electron chi connectivity index (χ2n) is 6.10. The highest BCUT2D eigenvalue weighted by atomic mass is 79.9. The Hall–Kier alpha value is -0.190. The number of rotatable bonds is 2. The molecule has 1 fully saturated rings. The van der Waals surface area contributed by atoms with Gasteiger partial charge in [0.25, 0.3) is 0 Å². The van der Waals surface area contributed by atoms with E-state index in [1.165, 1.54) is 0 Å². The summed E-state index contributed by atoms with van der Waals surface area (Å²) in [5, 5.41) is 0.462. The van der Waals surface area contributed by atoms with Gasteiger partial charge in [-0.2, -0.15) is 0 Å². The van der Waals surface area contributed by atoms with Crippen LogP contribution in [0.4, 0.5) is 0 Å². The summed E-state index contributed by atoms with van der Waals surface area (Å²) in [4.78, 5) is 9.01. The lowest BCUT2D eigenvalue weighted by molar-refractivity contribution is -0.0730. The van der Waals surface area contributed by atoms with Gasteiger partial charge in [0.1, 0.15) is 10.8 Å². The van der Waals surface area contributed by atoms with Crippen molar-refractivity contribution in [1.82, 2.24) is 9.97 Å². The Bertz CT molecular complexity index is 457. The Morgan fingerprint density at radius 2 is 1.74 bits per heavy atom. The third-order valence-corrected chi connectivity index (χ3v) is 5.64. The summed E-state index contributed by atoms with van der Waals surface area (Å²) in [5.41, 5.74) is 0.845. The highest BCUT2D eigenvalue weighted by Crippen LogP contribution is 2.46. The van der Waals surface area contributed by atoms with Crippen LogP contribution in [0.3, 0.4) is 0 Å². The molecule has 1 heterocycles. The topological polar surface area (TPSA) is 35.0 Å². The van der Waals surface area contributed by atoms with Crippen LogP contribution < -0.4 is 0 Å². The van der Waals surface area contributed by atoms with Crippen molar-refractivity contribution in [2.45, 2.75) is 52.1 Å². The molecule has 0 spiro atoms. The second-order valence-corrected chi connectivity index (χ2v) is 7.25. The number of aromatic nitrogens is 2. The van der Waals surface area contributed by atoms with Crippen molar-refractivity contribution in [1.29, 1.82) is 0 Å². The summed E-state index contributed by atoms with van der Waals surface area (Å²) in [6.07, 6.45) is 4.09. The number of halogens is 2. The van der Waals surface area contributed by atoms with E-state index >= 15 is 0 Å². The van der Waals surface area contributed by atoms with E-state index in [2.05, 4.69) is 39.7 Å². The summed E-state index contributed by atoms with van der Waals surface area (Å²) in [6, 6.07) is 0. The summed E-state index contributed by atoms with van der Waals surface area (Å²) in [5.74, 6) is 0.719. The molecule has 0 unspecified atom stereocenters. The first-order valence-corrected chi connectivity index (χ1v) is 7.72. The van der Waals surface area contributed by atoms with Crippen LogP contribution in [0.2, 0.25) is 5.15 Å². The van der Waals surface area contributed by atoms with Crippen LogP contribution in [0.25, 0.3) is 0 Å². The van der Waals surface area contributed by atoms with Crippen LogP contribution in [0.15, 0.2) is 4.47 Å². The van der Waals surface area contributed by atoms with Crippen molar-refractivity contribution >= 4 is 27.5 Å². The first-order chi connectivity index (χ1) is 8.80. The maximum atomic E-state index is 6.16. The lowest BCUT2D eigenvalue weighted by atomic mass is 9.70. The normalized spacial score (nSPS) is 21.4. The summed E-state index contributed by atoms with van der Waals surface area (Å²) < 4.78 is 6.57. The van der Waals surface area contributed by atoms with Gasteiger partial charge in [-0.15, -0.1) is 0 Å². The van der Waals surface area contributed by atoms with Gasteiger partial charge in [0.05, 0.1) is 10.2 Å². The lowest BCUT2D eigenvalue weighted by Gasteiger charge is -2.41. The zero-order chi connectivity index (χ0) is 14.3. The van der Waals surface area contributed by atoms with Crippen molar-refractivity contribution in [3.8, 4) is 0 Å². The molecule has 1 aromatic heterocycles. The third kappa shape index (κ3) is 2.96. The molecule has 1 aromatic rings. The molecule has 0 amide bonds. The average Bonchev–Trinajstić information content (AvgIpc) is 2.36. The molecular formula is C14H20BrClN2O. The molecule has 2 rings (SSSR count). The molecule has 0 radical (unpaired) electrons. The molecule has 0 bridgehead atoms. The highest BCUT2D eigenvalue weighted by Gasteiger charge is 2.42. The third-order valence-electron chi connectivity index (χ3n) is 4.19. The molecule has 5 heteroatoms. The van der Waals surface area contributed by atoms with Gasteiger partial charge < -0.3 is 4.74 Å². The number of methoxy groups -OCH3 is 1. The molecule has 0 aromatic carbocycles. The number of nitrogens with zero attached hydrogens (tertiary/aromatic N) is 2. The zero-order valence-electron chi connectivity index (χ0n) is 11.9. The van der Waals surface area contributed by atoms with E-state index in [1.807, 2.05) is 6.92 Å². The molecule has 1 saturated carbocycles. The number of aryl methyl sites for hydroxylation is 1. The van der Waals surface area contributed by atoms with Crippen LogP contribution in [0, 0.1) is 12.3 Å². The van der Waals surface area contributed by atoms with Crippen LogP contribution >= 0.6 is 27.5 Å². The van der Waals surface area contributed by atoms with E-state index in [-0.39, 0.29) is 5.60 Å². The summed E-state index contributed by atoms with van der Waals surface area (Å²) in [6.45, 7) is 6.53. The minimum Gasteiger partial charge on any atom is -0.370 e. The predicted molar refractivity (Wildman–Crippen MR) is 80.4 cm³/mol. The minimum absolute atomic E-state index is 0.371. The Kier molecular flexibility index (Phi) is 4.24. The molecular weight excluding hydrogens is 328 g/mol. The molecule has 0 saturated heterocycles. The fourth-order valence-corrected chi connectivity index (χ4v) is 2.97. The van der Waals surface area contributed by atoms with E-state index in [0.29, 0.717) is 10.6 Å². The molecule has 3 nitrogen and oxygen atoms in total. The largest absolute Gasteiger partial charge is 0.370 e. The van der Waals surface area contributed by atoms with Crippen molar-refractivity contribution in [3.63, 3.8) is 0 Å². The molecule has 1 aliphatic carbocycles. The fourth-order valence-electron chi connectivity index (χ4n) is 2.58. The predicted octanol–water partition coefficient (Wildman–Crippen LogP) is 4.64. The van der Waals surface area contributed by atoms with Gasteiger partial charge in [-0.05, 0) is 54.0 Å². The van der Waals surface area contributed by atoms with Crippen molar-refractivity contribution in [2.75, 3.05) is 7.11 Å². The van der Waals surface area contributed by atoms with Gasteiger partial charge in [0, 0.05) is 7.11 Å². The standard InChI is InChI=1S/C14H20BrClN2O/c1-9-10(15)11(16)18-12(17-9)14(19-4)7-5-13(2,3)6-8-14/h5-8H2,1-4H3. The first kappa shape index (κ1) is 15.2. The maximum absolute atomic E-state index is 6.16. The van der Waals surface area contributed by atoms with Gasteiger partial charge in [-0.1, -0.05) is 25.4 Å². The Labute approximate surface area is 128 Å². The summed E-state index contributed by atoms with van der Waals surface area (Å²) in [7, 11) is 1.74. The van der Waals surface area contributed by atoms with Crippen molar-refractivity contribution < 1.29 is 4.74 Å². The van der Waals surface area contributed by atoms with Crippen LogP contribution in [0.5, 0.6) is 0 Å². The van der Waals surface area contributed by atoms with Gasteiger partial charge >= 0.3 is 0 Å². The molecule has 0 aliphatic heterocycles. The minimum atomic E-state index is -0.384. The average molecular weight is 348 g/mol. The van der Waals surface area contributed by atoms with Crippen LogP contribution in [0.1, 0.15) is 51.0 Å². The van der Waals surface area contributed by atoms with Crippen LogP contribution in [-0.4, -0.2) is 17.1 Å². The SMILES string of the molecule is COC1(c2nc(C)c(Br)c(Cl)n2)CCC(C)(C)CC1. The van der Waals surface area contributed by atoms with E-state index in [4.69, 9.17) is 16.3 Å². The van der Waals surface area contributed by atoms with Gasteiger partial charge in [-0.25, -0.2) is 9.97 Å². The summed E-state index contributed by atoms with van der Waals surface area (Å²) >= 11 is 9.56. The lowest BCUT2D eigenvalue weighted by Crippen LogP contribution is -2.38. The zero-order valence-corrected chi connectivity index (χ0v) is 14.2. The van der Waals surface area contributed by atoms with E-state index in [0.717, 1.165) is 41.7 Å². The molecule has 1 aliphatic rings. The number of ether oxygens (including phenoxy) is 1. The van der Waals surface area contributed by atoms with Gasteiger partial charge in [-0.3, -0.25) is 0 Å². The Balaban J connectivity index is 2.38. The second kappa shape index (κ2) is 5.30. The molecule has 19 heavy (non-hydrogen) atoms. The van der Waals surface area contributed by atoms with Crippen LogP contribution in [-0.2, 0) is 10.3 Å². The number of hydrogen-bond acceptors (Lipinski definition) is 3. The molecule has 0 atom stereocenters. The van der Waals surface area contributed by atoms with Crippen molar-refractivity contribution in [3.05, 3.63) is 21.1 Å². The maximum Gasteiger partial charge on any atom is 0.162 e. The van der Waals surface area contributed by atoms with Gasteiger partial charge in [0.15, 0.2) is 5.82 Å². The monoisotopic (exact) mass is 346 g/mol. The quantitative estimate of drug-likeness (QED) is 0.731. The Morgan fingerprint density at radius 1 is 1.16 bits per heavy atom. The van der Waals surface area contributed by atoms with E-state index in [9.17, 15) is 0 Å². The van der Waals surface area contributed by atoms with Crippen molar-refractivity contribution in [2.24, 2.45) is 5.41 Å². The highest BCUT2D eigenvalue weighted by molar-refractivity contribution is 9.10. The Morgan fingerprint density at radius 3 is 2.21 bits per heavy atom. The molecule has 0 N–H and O–H groups in total. The van der Waals surface area contributed by atoms with E-state index in [1.54, 1.807) is 7.11 Å². The molecule has 106 valence electrons. The fraction of sp³-hybridized carbons (Fsp3) is 0.714. The van der Waals surface area contributed by atoms with E-state index < -0.39 is 0 Å². The smallest absolute Gasteiger partial charge is 0.162 e. The first-order valence-electron chi connectivity index (χ1n) is 6.55. The number of hydrogen-bond donors (Lipinski definition) is 0.